The van der Waals surface area contributed by atoms with Crippen molar-refractivity contribution >= 4 is 29.3 Å². The van der Waals surface area contributed by atoms with Gasteiger partial charge in [-0.2, -0.15) is 0 Å². The number of allylic oxidation sites excluding steroid dienone is 2. The Kier molecular flexibility index (Phi) is 3.90. The molecule has 1 spiro atoms. The third kappa shape index (κ3) is 2.59. The Labute approximate surface area is 106 Å². The normalized spacial score (nSPS) is 23.9. The van der Waals surface area contributed by atoms with E-state index in [2.05, 4.69) is 13.8 Å². The molecule has 1 aliphatic carbocycles. The highest BCUT2D eigenvalue weighted by Gasteiger charge is 2.43. The standard InChI is InChI=1S/C12H18O2S2/c1-9(2)8-14-10-3-4-12(11(13)7-10)15-5-6-16-12/h7,9H,3-6,8H2,1-2H3. The molecule has 0 aromatic rings. The van der Waals surface area contributed by atoms with E-state index in [1.165, 1.54) is 0 Å². The largest absolute Gasteiger partial charge is 0.498 e. The lowest BCUT2D eigenvalue weighted by atomic mass is 10.0. The minimum absolute atomic E-state index is 0.162. The highest BCUT2D eigenvalue weighted by molar-refractivity contribution is 8.22. The summed E-state index contributed by atoms with van der Waals surface area (Å²) in [6.07, 6.45) is 3.58. The predicted molar refractivity (Wildman–Crippen MR) is 70.8 cm³/mol. The summed E-state index contributed by atoms with van der Waals surface area (Å²) in [5.41, 5.74) is 0. The zero-order valence-electron chi connectivity index (χ0n) is 9.82. The van der Waals surface area contributed by atoms with Crippen LogP contribution in [0.25, 0.3) is 0 Å². The molecule has 1 saturated heterocycles. The van der Waals surface area contributed by atoms with Crippen LogP contribution in [-0.2, 0) is 9.53 Å². The first-order chi connectivity index (χ1) is 7.62. The maximum Gasteiger partial charge on any atom is 0.185 e. The fourth-order valence-corrected chi connectivity index (χ4v) is 4.92. The van der Waals surface area contributed by atoms with E-state index in [1.807, 2.05) is 23.5 Å². The smallest absolute Gasteiger partial charge is 0.185 e. The van der Waals surface area contributed by atoms with Gasteiger partial charge in [-0.1, -0.05) is 13.8 Å². The lowest BCUT2D eigenvalue weighted by molar-refractivity contribution is -0.115. The molecule has 1 fully saturated rings. The fourth-order valence-electron chi connectivity index (χ4n) is 1.87. The van der Waals surface area contributed by atoms with Crippen molar-refractivity contribution < 1.29 is 9.53 Å². The molecule has 0 radical (unpaired) electrons. The van der Waals surface area contributed by atoms with Gasteiger partial charge in [-0.05, 0) is 12.3 Å². The molecule has 0 N–H and O–H groups in total. The van der Waals surface area contributed by atoms with Gasteiger partial charge in [0, 0.05) is 24.0 Å². The molecule has 1 aliphatic heterocycles. The second kappa shape index (κ2) is 5.05. The van der Waals surface area contributed by atoms with Gasteiger partial charge < -0.3 is 4.74 Å². The van der Waals surface area contributed by atoms with Crippen LogP contribution in [0.1, 0.15) is 26.7 Å². The average Bonchev–Trinajstić information content (AvgIpc) is 2.70. The number of thioether (sulfide) groups is 2. The van der Waals surface area contributed by atoms with Crippen LogP contribution in [0.2, 0.25) is 0 Å². The van der Waals surface area contributed by atoms with Crippen molar-refractivity contribution in [2.75, 3.05) is 18.1 Å². The monoisotopic (exact) mass is 258 g/mol. The molecule has 0 amide bonds. The molecule has 0 saturated carbocycles. The third-order valence-electron chi connectivity index (χ3n) is 2.72. The minimum Gasteiger partial charge on any atom is -0.498 e. The predicted octanol–water partition coefficient (Wildman–Crippen LogP) is 3.08. The second-order valence-corrected chi connectivity index (χ2v) is 7.68. The summed E-state index contributed by atoms with van der Waals surface area (Å²) in [7, 11) is 0. The molecule has 90 valence electrons. The van der Waals surface area contributed by atoms with Crippen LogP contribution in [0.5, 0.6) is 0 Å². The van der Waals surface area contributed by atoms with Gasteiger partial charge in [-0.25, -0.2) is 0 Å². The Bertz CT molecular complexity index is 304. The van der Waals surface area contributed by atoms with Gasteiger partial charge in [-0.15, -0.1) is 23.5 Å². The molecule has 0 unspecified atom stereocenters. The first kappa shape index (κ1) is 12.4. The Hall–Kier alpha value is -0.0900. The van der Waals surface area contributed by atoms with E-state index in [0.717, 1.165) is 30.1 Å². The number of hydrogen-bond donors (Lipinski definition) is 0. The zero-order chi connectivity index (χ0) is 11.6. The van der Waals surface area contributed by atoms with Gasteiger partial charge in [0.2, 0.25) is 0 Å². The molecule has 1 heterocycles. The number of rotatable bonds is 3. The van der Waals surface area contributed by atoms with Crippen LogP contribution < -0.4 is 0 Å². The zero-order valence-corrected chi connectivity index (χ0v) is 11.5. The van der Waals surface area contributed by atoms with Gasteiger partial charge >= 0.3 is 0 Å². The van der Waals surface area contributed by atoms with Crippen molar-refractivity contribution in [3.05, 3.63) is 11.8 Å². The van der Waals surface area contributed by atoms with Crippen molar-refractivity contribution in [1.82, 2.24) is 0 Å². The van der Waals surface area contributed by atoms with Crippen molar-refractivity contribution in [3.8, 4) is 0 Å². The van der Waals surface area contributed by atoms with Crippen LogP contribution >= 0.6 is 23.5 Å². The first-order valence-electron chi connectivity index (χ1n) is 5.78. The lowest BCUT2D eigenvalue weighted by Gasteiger charge is -2.29. The molecule has 2 nitrogen and oxygen atoms in total. The Morgan fingerprint density at radius 2 is 2.12 bits per heavy atom. The van der Waals surface area contributed by atoms with E-state index in [1.54, 1.807) is 6.08 Å². The Morgan fingerprint density at radius 1 is 1.44 bits per heavy atom. The number of ether oxygens (including phenoxy) is 1. The Morgan fingerprint density at radius 3 is 2.69 bits per heavy atom. The second-order valence-electron chi connectivity index (χ2n) is 4.63. The van der Waals surface area contributed by atoms with Crippen LogP contribution in [0, 0.1) is 5.92 Å². The average molecular weight is 258 g/mol. The lowest BCUT2D eigenvalue weighted by Crippen LogP contribution is -2.31. The van der Waals surface area contributed by atoms with E-state index >= 15 is 0 Å². The van der Waals surface area contributed by atoms with Gasteiger partial charge in [0.25, 0.3) is 0 Å². The van der Waals surface area contributed by atoms with E-state index < -0.39 is 0 Å². The summed E-state index contributed by atoms with van der Waals surface area (Å²) < 4.78 is 5.48. The molecule has 0 aromatic carbocycles. The van der Waals surface area contributed by atoms with E-state index in [-0.39, 0.29) is 9.86 Å². The molecule has 0 atom stereocenters. The summed E-state index contributed by atoms with van der Waals surface area (Å²) in [6.45, 7) is 4.96. The van der Waals surface area contributed by atoms with E-state index in [0.29, 0.717) is 12.5 Å². The van der Waals surface area contributed by atoms with Crippen LogP contribution in [0.15, 0.2) is 11.8 Å². The Balaban J connectivity index is 1.97. The molecular formula is C12H18O2S2. The topological polar surface area (TPSA) is 26.3 Å². The van der Waals surface area contributed by atoms with Crippen molar-refractivity contribution in [1.29, 1.82) is 0 Å². The van der Waals surface area contributed by atoms with Gasteiger partial charge in [0.1, 0.15) is 4.08 Å². The number of ketones is 1. The molecule has 0 bridgehead atoms. The molecule has 16 heavy (non-hydrogen) atoms. The molecule has 2 aliphatic rings. The van der Waals surface area contributed by atoms with Crippen molar-refractivity contribution in [2.24, 2.45) is 5.92 Å². The van der Waals surface area contributed by atoms with Gasteiger partial charge in [-0.3, -0.25) is 4.79 Å². The maximum atomic E-state index is 12.1. The van der Waals surface area contributed by atoms with E-state index in [4.69, 9.17) is 4.74 Å². The van der Waals surface area contributed by atoms with Crippen LogP contribution in [-0.4, -0.2) is 28.0 Å². The molecule has 0 aromatic heterocycles. The van der Waals surface area contributed by atoms with Gasteiger partial charge in [0.05, 0.1) is 12.4 Å². The number of carbonyl (C=O) groups is 1. The van der Waals surface area contributed by atoms with Crippen LogP contribution in [0.4, 0.5) is 0 Å². The quantitative estimate of drug-likeness (QED) is 0.777. The first-order valence-corrected chi connectivity index (χ1v) is 7.75. The van der Waals surface area contributed by atoms with Crippen molar-refractivity contribution in [2.45, 2.75) is 30.8 Å². The SMILES string of the molecule is CC(C)COC1=CC(=O)C2(CC1)SCCS2. The summed E-state index contributed by atoms with van der Waals surface area (Å²) in [5, 5.41) is 0. The summed E-state index contributed by atoms with van der Waals surface area (Å²) in [4.78, 5) is 12.1. The van der Waals surface area contributed by atoms with E-state index in [9.17, 15) is 4.79 Å². The molecular weight excluding hydrogens is 240 g/mol. The molecule has 4 heteroatoms. The number of hydrogen-bond acceptors (Lipinski definition) is 4. The number of carbonyl (C=O) groups excluding carboxylic acids is 1. The summed E-state index contributed by atoms with van der Waals surface area (Å²) in [6, 6.07) is 0. The summed E-state index contributed by atoms with van der Waals surface area (Å²) >= 11 is 3.63. The fraction of sp³-hybridized carbons (Fsp3) is 0.750. The summed E-state index contributed by atoms with van der Waals surface area (Å²) in [5.74, 6) is 3.86. The van der Waals surface area contributed by atoms with Gasteiger partial charge in [0.15, 0.2) is 5.78 Å². The highest BCUT2D eigenvalue weighted by atomic mass is 32.2. The maximum absolute atomic E-state index is 12.1. The van der Waals surface area contributed by atoms with Crippen molar-refractivity contribution in [3.63, 3.8) is 0 Å². The third-order valence-corrected chi connectivity index (χ3v) is 6.25. The van der Waals surface area contributed by atoms with Crippen LogP contribution in [0.3, 0.4) is 0 Å². The minimum atomic E-state index is -0.162. The highest BCUT2D eigenvalue weighted by Crippen LogP contribution is 2.50. The molecule has 2 rings (SSSR count).